The van der Waals surface area contributed by atoms with E-state index in [1.54, 1.807) is 0 Å². The molecule has 94 valence electrons. The van der Waals surface area contributed by atoms with Gasteiger partial charge in [0.1, 0.15) is 0 Å². The van der Waals surface area contributed by atoms with Crippen LogP contribution in [-0.4, -0.2) is 53.9 Å². The number of rotatable bonds is 6. The van der Waals surface area contributed by atoms with Gasteiger partial charge in [0.2, 0.25) is 10.0 Å². The van der Waals surface area contributed by atoms with Crippen molar-refractivity contribution in [1.82, 2.24) is 4.31 Å². The monoisotopic (exact) mass is 251 g/mol. The third-order valence-corrected chi connectivity index (χ3v) is 4.68. The summed E-state index contributed by atoms with van der Waals surface area (Å²) in [5.41, 5.74) is 0. The maximum absolute atomic E-state index is 11.8. The Morgan fingerprint density at radius 1 is 1.44 bits per heavy atom. The zero-order valence-electron chi connectivity index (χ0n) is 9.00. The smallest absolute Gasteiger partial charge is 0.303 e. The molecule has 0 aromatic heterocycles. The summed E-state index contributed by atoms with van der Waals surface area (Å²) in [5, 5.41) is 17.4. The second-order valence-corrected chi connectivity index (χ2v) is 5.94. The number of carbonyl (C=O) groups is 1. The molecule has 2 N–H and O–H groups in total. The van der Waals surface area contributed by atoms with E-state index in [0.717, 1.165) is 6.42 Å². The lowest BCUT2D eigenvalue weighted by molar-refractivity contribution is -0.137. The van der Waals surface area contributed by atoms with E-state index in [4.69, 9.17) is 10.2 Å². The van der Waals surface area contributed by atoms with Gasteiger partial charge in [-0.2, -0.15) is 4.31 Å². The van der Waals surface area contributed by atoms with Gasteiger partial charge in [-0.1, -0.05) is 0 Å². The number of aliphatic hydroxyl groups is 1. The normalized spacial score (nSPS) is 22.4. The summed E-state index contributed by atoms with van der Waals surface area (Å²) in [6, 6.07) is -0.324. The predicted octanol–water partition coefficient (Wildman–Crippen LogP) is -0.362. The van der Waals surface area contributed by atoms with Gasteiger partial charge in [-0.15, -0.1) is 0 Å². The van der Waals surface area contributed by atoms with Crippen molar-refractivity contribution < 1.29 is 23.4 Å². The van der Waals surface area contributed by atoms with E-state index in [-0.39, 0.29) is 31.2 Å². The van der Waals surface area contributed by atoms with Crippen molar-refractivity contribution in [3.05, 3.63) is 0 Å². The molecule has 16 heavy (non-hydrogen) atoms. The summed E-state index contributed by atoms with van der Waals surface area (Å²) in [4.78, 5) is 10.3. The van der Waals surface area contributed by atoms with Crippen molar-refractivity contribution in [1.29, 1.82) is 0 Å². The van der Waals surface area contributed by atoms with E-state index < -0.39 is 16.0 Å². The zero-order valence-corrected chi connectivity index (χ0v) is 9.82. The highest BCUT2D eigenvalue weighted by Crippen LogP contribution is 2.21. The van der Waals surface area contributed by atoms with Gasteiger partial charge < -0.3 is 10.2 Å². The lowest BCUT2D eigenvalue weighted by Crippen LogP contribution is -2.39. The maximum Gasteiger partial charge on any atom is 0.303 e. The highest BCUT2D eigenvalue weighted by molar-refractivity contribution is 7.89. The number of carboxylic acid groups (broad SMARTS) is 1. The SMILES string of the molecule is O=C(O)CCCS(=O)(=O)N1CCC[C@H]1CO. The van der Waals surface area contributed by atoms with Crippen LogP contribution in [0.25, 0.3) is 0 Å². The molecule has 7 heteroatoms. The first-order valence-corrected chi connectivity index (χ1v) is 6.90. The molecule has 0 aromatic carbocycles. The van der Waals surface area contributed by atoms with E-state index in [0.29, 0.717) is 13.0 Å². The molecular formula is C9H17NO5S. The molecule has 1 rings (SSSR count). The average Bonchev–Trinajstić information content (AvgIpc) is 2.64. The lowest BCUT2D eigenvalue weighted by atomic mass is 10.2. The fraction of sp³-hybridized carbons (Fsp3) is 0.889. The number of hydrogen-bond donors (Lipinski definition) is 2. The third kappa shape index (κ3) is 3.43. The Kier molecular flexibility index (Phi) is 4.69. The summed E-state index contributed by atoms with van der Waals surface area (Å²) in [7, 11) is -3.41. The topological polar surface area (TPSA) is 94.9 Å². The average molecular weight is 251 g/mol. The van der Waals surface area contributed by atoms with E-state index in [1.807, 2.05) is 0 Å². The van der Waals surface area contributed by atoms with Crippen molar-refractivity contribution in [2.24, 2.45) is 0 Å². The number of aliphatic carboxylic acids is 1. The lowest BCUT2D eigenvalue weighted by Gasteiger charge is -2.22. The second-order valence-electron chi connectivity index (χ2n) is 3.90. The molecule has 0 amide bonds. The fourth-order valence-electron chi connectivity index (χ4n) is 1.88. The Labute approximate surface area is 94.9 Å². The van der Waals surface area contributed by atoms with Gasteiger partial charge in [0.05, 0.1) is 12.4 Å². The highest BCUT2D eigenvalue weighted by Gasteiger charge is 2.33. The van der Waals surface area contributed by atoms with Gasteiger partial charge >= 0.3 is 5.97 Å². The molecule has 0 aromatic rings. The number of sulfonamides is 1. The molecule has 0 bridgehead atoms. The quantitative estimate of drug-likeness (QED) is 0.672. The Bertz CT molecular complexity index is 340. The molecule has 1 saturated heterocycles. The number of carboxylic acids is 1. The van der Waals surface area contributed by atoms with Gasteiger partial charge in [-0.3, -0.25) is 4.79 Å². The Morgan fingerprint density at radius 3 is 2.69 bits per heavy atom. The van der Waals surface area contributed by atoms with E-state index >= 15 is 0 Å². The summed E-state index contributed by atoms with van der Waals surface area (Å²) in [6.07, 6.45) is 1.40. The van der Waals surface area contributed by atoms with Crippen molar-refractivity contribution >= 4 is 16.0 Å². The van der Waals surface area contributed by atoms with Gasteiger partial charge in [0, 0.05) is 19.0 Å². The molecule has 1 heterocycles. The van der Waals surface area contributed by atoms with Crippen LogP contribution in [0.15, 0.2) is 0 Å². The van der Waals surface area contributed by atoms with Crippen LogP contribution in [0.1, 0.15) is 25.7 Å². The minimum atomic E-state index is -3.41. The molecule has 0 saturated carbocycles. The van der Waals surface area contributed by atoms with Gasteiger partial charge in [-0.25, -0.2) is 8.42 Å². The summed E-state index contributed by atoms with van der Waals surface area (Å²) in [6.45, 7) is 0.263. The van der Waals surface area contributed by atoms with Crippen LogP contribution < -0.4 is 0 Å². The van der Waals surface area contributed by atoms with Crippen LogP contribution in [0.2, 0.25) is 0 Å². The summed E-state index contributed by atoms with van der Waals surface area (Å²) < 4.78 is 24.9. The maximum atomic E-state index is 11.8. The predicted molar refractivity (Wildman–Crippen MR) is 57.5 cm³/mol. The van der Waals surface area contributed by atoms with E-state index in [2.05, 4.69) is 0 Å². The highest BCUT2D eigenvalue weighted by atomic mass is 32.2. The molecule has 6 nitrogen and oxygen atoms in total. The Hall–Kier alpha value is -0.660. The molecule has 1 aliphatic heterocycles. The molecule has 0 aliphatic carbocycles. The largest absolute Gasteiger partial charge is 0.481 e. The second kappa shape index (κ2) is 5.60. The van der Waals surface area contributed by atoms with Crippen LogP contribution in [0.5, 0.6) is 0 Å². The van der Waals surface area contributed by atoms with E-state index in [9.17, 15) is 13.2 Å². The zero-order chi connectivity index (χ0) is 12.2. The number of aliphatic hydroxyl groups excluding tert-OH is 1. The molecular weight excluding hydrogens is 234 g/mol. The van der Waals surface area contributed by atoms with Crippen molar-refractivity contribution in [2.75, 3.05) is 18.9 Å². The number of nitrogens with zero attached hydrogens (tertiary/aromatic N) is 1. The Balaban J connectivity index is 2.52. The molecule has 0 radical (unpaired) electrons. The van der Waals surface area contributed by atoms with Crippen LogP contribution in [0.3, 0.4) is 0 Å². The minimum absolute atomic E-state index is 0.117. The third-order valence-electron chi connectivity index (χ3n) is 2.68. The van der Waals surface area contributed by atoms with Crippen molar-refractivity contribution in [3.8, 4) is 0 Å². The standard InChI is InChI=1S/C9H17NO5S/c11-7-8-3-1-5-10(8)16(14,15)6-2-4-9(12)13/h8,11H,1-7H2,(H,12,13)/t8-/m0/s1. The summed E-state index contributed by atoms with van der Waals surface area (Å²) in [5.74, 6) is -1.15. The summed E-state index contributed by atoms with van der Waals surface area (Å²) >= 11 is 0. The molecule has 1 fully saturated rings. The van der Waals surface area contributed by atoms with Gasteiger partial charge in [0.15, 0.2) is 0 Å². The van der Waals surface area contributed by atoms with E-state index in [1.165, 1.54) is 4.31 Å². The van der Waals surface area contributed by atoms with Gasteiger partial charge in [0.25, 0.3) is 0 Å². The minimum Gasteiger partial charge on any atom is -0.481 e. The van der Waals surface area contributed by atoms with Crippen molar-refractivity contribution in [2.45, 2.75) is 31.7 Å². The number of hydrogen-bond acceptors (Lipinski definition) is 4. The molecule has 0 unspecified atom stereocenters. The van der Waals surface area contributed by atoms with Crippen LogP contribution >= 0.6 is 0 Å². The first kappa shape index (κ1) is 13.4. The first-order chi connectivity index (χ1) is 7.47. The first-order valence-electron chi connectivity index (χ1n) is 5.29. The molecule has 1 atom stereocenters. The van der Waals surface area contributed by atoms with Crippen LogP contribution in [0.4, 0.5) is 0 Å². The molecule has 1 aliphatic rings. The van der Waals surface area contributed by atoms with Crippen LogP contribution in [-0.2, 0) is 14.8 Å². The molecule has 0 spiro atoms. The van der Waals surface area contributed by atoms with Crippen molar-refractivity contribution in [3.63, 3.8) is 0 Å². The van der Waals surface area contributed by atoms with Gasteiger partial charge in [-0.05, 0) is 19.3 Å². The Morgan fingerprint density at radius 2 is 2.12 bits per heavy atom. The fourth-order valence-corrected chi connectivity index (χ4v) is 3.66. The van der Waals surface area contributed by atoms with Crippen LogP contribution in [0, 0.1) is 0 Å².